The molecule has 17 atom stereocenters. The number of hydrogen-bond acceptors (Lipinski definition) is 21. The molecule has 16 aliphatic rings. The van der Waals surface area contributed by atoms with Gasteiger partial charge in [-0.05, 0) is 291 Å². The molecule has 8 saturated carbocycles. The maximum atomic E-state index is 13.1. The Hall–Kier alpha value is -2.76. The monoisotopic (exact) mass is 1740 g/mol. The zero-order valence-electron chi connectivity index (χ0n) is 80.0. The van der Waals surface area contributed by atoms with E-state index in [9.17, 15) is 59.7 Å². The molecule has 4 aromatic rings. The number of aliphatic hydroxyl groups is 9. The predicted octanol–water partition coefficient (Wildman–Crippen LogP) is 0.174. The van der Waals surface area contributed by atoms with Crippen molar-refractivity contribution >= 4 is 46.3 Å². The van der Waals surface area contributed by atoms with Crippen molar-refractivity contribution in [2.24, 2.45) is 41.4 Å². The molecule has 666 valence electrons. The van der Waals surface area contributed by atoms with Crippen LogP contribution in [0.3, 0.4) is 0 Å². The standard InChI is InChI=1S/C24H33NO4.C24H31NO4.C22H31NO3.C21H27NO2.C4H8O2.C2H6O.CH4O.2B.3Na.3H/c2*1-3-29-22(27)18-12-24(28)21-11-17-7-4-15(2)10-19(17)23(24,13-20(18)26)8-9-25(21)14-16-5-6-16;1-14-2-5-16-9-20-22(26)10-17(13-24)19(25)11-21(22,18(16)8-14)6-7-23(20)12-15-3-4-15;1-14-2-5-16-11-19-21(24)7-6-17(23)12-20(21,18(16)10-14)8-9-22(19)13-15-3-4-15;1-3-6-4(2)5;1-2-3;1-2;;;;;;;;/h4,7,10,16,18,20-21,26,28H,3,5-6,8-9,11-14H2,1-2H3;4,7,10,16,18,21,28H,3,5-6,8-9,11-14H2,1-2H3;2,5,8,15,17,19-20,24-26H,3-4,6-7,9-13H2,1H3;2,5,10,15,19,24H,3-4,6-9,11-13H2,1H3;3H2,1-2H3;3H,2H2,1H3;2H,1H3;;;;;;;;/q;;;;;;;;;3*+1;3*-1/t18-,20+,21+,23+,24+;18-,21+,23+,24+;17-,19-,20-,21-,22-;19-,20-,21-;;;;;;;;;;;/m0011.........../s1. The topological polar surface area (TPSA) is 308 Å². The van der Waals surface area contributed by atoms with Crippen LogP contribution in [-0.2, 0) is 85.5 Å². The minimum absolute atomic E-state index is 0. The molecule has 9 N–H and O–H groups in total. The van der Waals surface area contributed by atoms with E-state index in [0.29, 0.717) is 57.5 Å². The molecule has 4 saturated heterocycles. The number of piperidine rings is 4. The third kappa shape index (κ3) is 19.9. The van der Waals surface area contributed by atoms with Gasteiger partial charge in [-0.3, -0.25) is 43.6 Å². The molecule has 8 bridgehead atoms. The predicted molar refractivity (Wildman–Crippen MR) is 469 cm³/mol. The summed E-state index contributed by atoms with van der Waals surface area (Å²) < 4.78 is 14.9. The molecule has 6 radical (unpaired) electrons. The Morgan fingerprint density at radius 1 is 0.435 bits per heavy atom. The maximum Gasteiger partial charge on any atom is 1.00 e. The van der Waals surface area contributed by atoms with Crippen molar-refractivity contribution in [3.8, 4) is 0 Å². The summed E-state index contributed by atoms with van der Waals surface area (Å²) in [5.74, 6) is 0.621. The van der Waals surface area contributed by atoms with Crippen molar-refractivity contribution < 1.29 is 177 Å². The van der Waals surface area contributed by atoms with Gasteiger partial charge in [0.15, 0.2) is 0 Å². The molecule has 12 fully saturated rings. The van der Waals surface area contributed by atoms with Gasteiger partial charge in [0.2, 0.25) is 0 Å². The summed E-state index contributed by atoms with van der Waals surface area (Å²) in [5.41, 5.74) is 9.48. The number of benzene rings is 4. The number of carbonyl (C=O) groups is 5. The summed E-state index contributed by atoms with van der Waals surface area (Å²) in [6.45, 7) is 26.2. The van der Waals surface area contributed by atoms with Crippen molar-refractivity contribution in [1.82, 2.24) is 19.6 Å². The van der Waals surface area contributed by atoms with Gasteiger partial charge in [0, 0.05) is 141 Å². The number of carbonyl (C=O) groups excluding carboxylic acids is 5. The first-order chi connectivity index (χ1) is 56.9. The maximum absolute atomic E-state index is 13.1. The van der Waals surface area contributed by atoms with Crippen LogP contribution in [0.1, 0.15) is 240 Å². The smallest absolute Gasteiger partial charge is 1.00 e. The molecule has 4 heterocycles. The Kier molecular flexibility index (Phi) is 36.1. The average Bonchev–Trinajstić information content (AvgIpc) is 1.71. The van der Waals surface area contributed by atoms with E-state index in [0.717, 1.165) is 146 Å². The number of likely N-dealkylation sites (tertiary alicyclic amines) is 4. The van der Waals surface area contributed by atoms with Crippen molar-refractivity contribution in [1.29, 1.82) is 0 Å². The Morgan fingerprint density at radius 2 is 0.758 bits per heavy atom. The molecule has 0 spiro atoms. The minimum atomic E-state index is -1.08. The summed E-state index contributed by atoms with van der Waals surface area (Å²) in [6.07, 6.45) is 19.9. The van der Waals surface area contributed by atoms with Crippen LogP contribution in [0, 0.1) is 69.1 Å². The fourth-order valence-electron chi connectivity index (χ4n) is 25.3. The Bertz CT molecular complexity index is 4390. The van der Waals surface area contributed by atoms with E-state index in [1.165, 1.54) is 114 Å². The van der Waals surface area contributed by atoms with E-state index in [2.05, 4.69) is 125 Å². The van der Waals surface area contributed by atoms with Crippen LogP contribution in [0.15, 0.2) is 72.8 Å². The molecule has 124 heavy (non-hydrogen) atoms. The first-order valence-electron chi connectivity index (χ1n) is 45.7. The van der Waals surface area contributed by atoms with Crippen LogP contribution < -0.4 is 88.7 Å². The Morgan fingerprint density at radius 3 is 1.10 bits per heavy atom. The van der Waals surface area contributed by atoms with Gasteiger partial charge >= 0.3 is 107 Å². The SMILES string of the molecule is CCO.CCOC(=O)[C@H]1C[C@@]2(O)[C@H]3Cc4ccc(C)cc4[C@@]2(CCN3CC2CC2)CC1=O.CCOC(=O)[C@H]1C[C@@]2(O)[C@H]3Cc4ccc(C)cc4[C@@]2(CCN3CC2CC2)C[C@H]1O.CCOC(C)=O.CO.Cc1ccc2c(c1)[C@]13CCN(CC4CC4)[C@H](C2)[C@]1(O)CCC(=O)C3.Cc1ccc2c(c1)[C@]13CCN(CC4CC4)[C@H](C2)[C@]1(O)C[C@H](CO)[C@H](O)C3.[B].[B].[H-].[H-].[H-].[Na+].[Na+].[Na+]. The number of Topliss-reactive ketones (excluding diaryl/α,β-unsaturated/α-hetero) is 2. The fraction of sp³-hybridized carbons (Fsp3) is 0.704. The van der Waals surface area contributed by atoms with E-state index in [4.69, 9.17) is 19.7 Å². The molecule has 26 heteroatoms. The van der Waals surface area contributed by atoms with Gasteiger partial charge < -0.3 is 64.4 Å². The van der Waals surface area contributed by atoms with Crippen molar-refractivity contribution in [3.63, 3.8) is 0 Å². The molecule has 21 nitrogen and oxygen atoms in total. The van der Waals surface area contributed by atoms with Crippen molar-refractivity contribution in [2.75, 3.05) is 92.5 Å². The number of rotatable bonds is 14. The number of esters is 3. The molecule has 12 aliphatic carbocycles. The molecule has 0 amide bonds. The number of fused-ring (bicyclic) bond motifs is 4. The van der Waals surface area contributed by atoms with E-state index in [1.54, 1.807) is 27.7 Å². The van der Waals surface area contributed by atoms with Gasteiger partial charge in [-0.25, -0.2) is 0 Å². The number of ketones is 2. The van der Waals surface area contributed by atoms with E-state index in [1.807, 2.05) is 0 Å². The van der Waals surface area contributed by atoms with E-state index in [-0.39, 0.29) is 207 Å². The molecular formula is C98H143B2N4Na3O17. The largest absolute Gasteiger partial charge is 1.00 e. The second-order valence-corrected chi connectivity index (χ2v) is 39.2. The molecule has 0 aromatic heterocycles. The van der Waals surface area contributed by atoms with Crippen LogP contribution in [0.4, 0.5) is 0 Å². The first kappa shape index (κ1) is 105. The zero-order chi connectivity index (χ0) is 85.1. The van der Waals surface area contributed by atoms with Crippen LogP contribution >= 0.6 is 0 Å². The van der Waals surface area contributed by atoms with Gasteiger partial charge in [-0.2, -0.15) is 0 Å². The fourth-order valence-corrected chi connectivity index (χ4v) is 25.3. The van der Waals surface area contributed by atoms with Gasteiger partial charge in [-0.1, -0.05) is 95.1 Å². The van der Waals surface area contributed by atoms with E-state index < -0.39 is 63.2 Å². The van der Waals surface area contributed by atoms with Gasteiger partial charge in [0.25, 0.3) is 0 Å². The molecule has 4 aromatic carbocycles. The van der Waals surface area contributed by atoms with Gasteiger partial charge in [-0.15, -0.1) is 0 Å². The molecule has 20 rings (SSSR count). The summed E-state index contributed by atoms with van der Waals surface area (Å²) >= 11 is 0. The number of nitrogens with zero attached hydrogens (tertiary/aromatic N) is 4. The minimum Gasteiger partial charge on any atom is -1.00 e. The van der Waals surface area contributed by atoms with Crippen LogP contribution in [-0.4, -0.2) is 263 Å². The third-order valence-corrected chi connectivity index (χ3v) is 31.8. The van der Waals surface area contributed by atoms with Crippen molar-refractivity contribution in [3.05, 3.63) is 140 Å². The Labute approximate surface area is 812 Å². The molecular weight excluding hydrogens is 1600 g/mol. The third-order valence-electron chi connectivity index (χ3n) is 31.8. The summed E-state index contributed by atoms with van der Waals surface area (Å²) in [5, 5.41) is 94.9. The van der Waals surface area contributed by atoms with Crippen LogP contribution in [0.5, 0.6) is 0 Å². The normalized spacial score (nSPS) is 34.5. The van der Waals surface area contributed by atoms with Gasteiger partial charge in [0.1, 0.15) is 17.5 Å². The molecule has 0 unspecified atom stereocenters. The first-order valence-corrected chi connectivity index (χ1v) is 45.7. The quantitative estimate of drug-likeness (QED) is 0.0352. The number of ether oxygens (including phenoxy) is 3. The average molecular weight is 1740 g/mol. The second kappa shape index (κ2) is 42.6. The van der Waals surface area contributed by atoms with E-state index >= 15 is 0 Å². The summed E-state index contributed by atoms with van der Waals surface area (Å²) in [7, 11) is 1.00. The molecule has 4 aliphatic heterocycles. The van der Waals surface area contributed by atoms with Crippen LogP contribution in [0.25, 0.3) is 0 Å². The van der Waals surface area contributed by atoms with Crippen molar-refractivity contribution in [2.45, 2.75) is 303 Å². The second-order valence-electron chi connectivity index (χ2n) is 39.2. The number of hydrogen-bond donors (Lipinski definition) is 9. The number of aliphatic hydroxyl groups excluding tert-OH is 5. The summed E-state index contributed by atoms with van der Waals surface area (Å²) in [4.78, 5) is 70.5. The summed E-state index contributed by atoms with van der Waals surface area (Å²) in [6, 6.07) is 26.7. The Balaban J connectivity index is 0.000000247. The zero-order valence-corrected chi connectivity index (χ0v) is 83.0. The number of aryl methyl sites for hydroxylation is 4. The van der Waals surface area contributed by atoms with Crippen LogP contribution in [0.2, 0.25) is 0 Å². The van der Waals surface area contributed by atoms with Gasteiger partial charge in [0.05, 0.1) is 60.4 Å².